The summed E-state index contributed by atoms with van der Waals surface area (Å²) in [5, 5.41) is 4.97. The van der Waals surface area contributed by atoms with Gasteiger partial charge in [0.1, 0.15) is 0 Å². The van der Waals surface area contributed by atoms with E-state index in [1.54, 1.807) is 21.1 Å². The Hall–Kier alpha value is -3.06. The molecule has 3 amide bonds. The number of amides is 3. The van der Waals surface area contributed by atoms with Crippen molar-refractivity contribution >= 4 is 11.9 Å². The van der Waals surface area contributed by atoms with Crippen LogP contribution in [0.15, 0.2) is 42.5 Å². The van der Waals surface area contributed by atoms with Crippen LogP contribution in [0.1, 0.15) is 29.7 Å². The molecule has 0 radical (unpaired) electrons. The van der Waals surface area contributed by atoms with Gasteiger partial charge in [-0.3, -0.25) is 15.0 Å². The molecule has 0 aliphatic carbocycles. The normalized spacial score (nSPS) is 15.9. The van der Waals surface area contributed by atoms with E-state index in [1.807, 2.05) is 42.5 Å². The summed E-state index contributed by atoms with van der Waals surface area (Å²) in [7, 11) is 3.24. The average Bonchev–Trinajstić information content (AvgIpc) is 2.73. The molecule has 0 bridgehead atoms. The summed E-state index contributed by atoms with van der Waals surface area (Å²) in [6.45, 7) is 3.07. The summed E-state index contributed by atoms with van der Waals surface area (Å²) >= 11 is 0. The number of rotatable bonds is 6. The minimum absolute atomic E-state index is 0.116. The summed E-state index contributed by atoms with van der Waals surface area (Å²) in [4.78, 5) is 26.2. The number of benzene rings is 2. The van der Waals surface area contributed by atoms with Crippen LogP contribution >= 0.6 is 0 Å². The van der Waals surface area contributed by atoms with Crippen molar-refractivity contribution in [2.24, 2.45) is 0 Å². The molecule has 7 heteroatoms. The number of nitrogens with zero attached hydrogens (tertiary/aromatic N) is 1. The molecule has 2 aromatic rings. The number of carbonyl (C=O) groups excluding carboxylic acids is 2. The minimum atomic E-state index is -0.474. The monoisotopic (exact) mass is 397 g/mol. The maximum absolute atomic E-state index is 12.5. The third kappa shape index (κ3) is 4.68. The highest BCUT2D eigenvalue weighted by Gasteiger charge is 2.31. The van der Waals surface area contributed by atoms with Gasteiger partial charge in [0.05, 0.1) is 26.8 Å². The van der Waals surface area contributed by atoms with Crippen molar-refractivity contribution in [3.05, 3.63) is 59.2 Å². The third-order valence-electron chi connectivity index (χ3n) is 5.03. The van der Waals surface area contributed by atoms with E-state index >= 15 is 0 Å². The van der Waals surface area contributed by atoms with Gasteiger partial charge >= 0.3 is 6.03 Å². The van der Waals surface area contributed by atoms with E-state index in [1.165, 1.54) is 0 Å². The van der Waals surface area contributed by atoms with Gasteiger partial charge in [-0.25, -0.2) is 4.79 Å². The first kappa shape index (κ1) is 20.7. The average molecular weight is 397 g/mol. The van der Waals surface area contributed by atoms with Crippen molar-refractivity contribution < 1.29 is 19.1 Å². The molecule has 0 fully saturated rings. The number of imide groups is 1. The molecule has 154 valence electrons. The molecule has 0 unspecified atom stereocenters. The van der Waals surface area contributed by atoms with Crippen LogP contribution in [0, 0.1) is 0 Å². The second-order valence-electron chi connectivity index (χ2n) is 6.85. The van der Waals surface area contributed by atoms with E-state index in [2.05, 4.69) is 15.5 Å². The molecule has 0 aromatic heterocycles. The van der Waals surface area contributed by atoms with Gasteiger partial charge in [0, 0.05) is 13.1 Å². The number of ether oxygens (including phenoxy) is 2. The Bertz CT molecular complexity index is 870. The molecule has 2 N–H and O–H groups in total. The van der Waals surface area contributed by atoms with Crippen LogP contribution in [0.25, 0.3) is 0 Å². The number of methoxy groups -OCH3 is 2. The van der Waals surface area contributed by atoms with Gasteiger partial charge in [0.2, 0.25) is 5.91 Å². The molecule has 7 nitrogen and oxygen atoms in total. The molecular formula is C22H27N3O4. The van der Waals surface area contributed by atoms with Crippen molar-refractivity contribution in [3.63, 3.8) is 0 Å². The fourth-order valence-electron chi connectivity index (χ4n) is 3.75. The van der Waals surface area contributed by atoms with Crippen molar-refractivity contribution in [3.8, 4) is 11.5 Å². The number of fused-ring (bicyclic) bond motifs is 1. The molecule has 29 heavy (non-hydrogen) atoms. The fraction of sp³-hybridized carbons (Fsp3) is 0.364. The van der Waals surface area contributed by atoms with Crippen molar-refractivity contribution in [1.82, 2.24) is 15.5 Å². The third-order valence-corrected chi connectivity index (χ3v) is 5.03. The Balaban J connectivity index is 1.94. The van der Waals surface area contributed by atoms with E-state index in [9.17, 15) is 9.59 Å². The lowest BCUT2D eigenvalue weighted by Gasteiger charge is -2.37. The number of urea groups is 1. The van der Waals surface area contributed by atoms with Crippen LogP contribution in [0.2, 0.25) is 0 Å². The lowest BCUT2D eigenvalue weighted by Crippen LogP contribution is -2.47. The summed E-state index contributed by atoms with van der Waals surface area (Å²) in [6.07, 6.45) is 0.771. The van der Waals surface area contributed by atoms with E-state index < -0.39 is 6.03 Å². The van der Waals surface area contributed by atoms with Crippen molar-refractivity contribution in [2.45, 2.75) is 19.4 Å². The Morgan fingerprint density at radius 3 is 2.45 bits per heavy atom. The van der Waals surface area contributed by atoms with Crippen LogP contribution < -0.4 is 20.1 Å². The quantitative estimate of drug-likeness (QED) is 0.783. The topological polar surface area (TPSA) is 79.9 Å². The summed E-state index contributed by atoms with van der Waals surface area (Å²) in [6, 6.07) is 13.4. The zero-order valence-corrected chi connectivity index (χ0v) is 17.0. The summed E-state index contributed by atoms with van der Waals surface area (Å²) in [5.41, 5.74) is 3.31. The van der Waals surface area contributed by atoms with E-state index in [-0.39, 0.29) is 18.5 Å². The van der Waals surface area contributed by atoms with Crippen LogP contribution in [0.5, 0.6) is 11.5 Å². The molecule has 0 saturated heterocycles. The number of hydrogen-bond donors (Lipinski definition) is 2. The lowest BCUT2D eigenvalue weighted by molar-refractivity contribution is -0.121. The van der Waals surface area contributed by atoms with E-state index in [0.717, 1.165) is 23.1 Å². The molecule has 0 saturated carbocycles. The maximum Gasteiger partial charge on any atom is 0.321 e. The first-order valence-corrected chi connectivity index (χ1v) is 9.68. The summed E-state index contributed by atoms with van der Waals surface area (Å²) < 4.78 is 11.0. The molecule has 2 aromatic carbocycles. The fourth-order valence-corrected chi connectivity index (χ4v) is 3.75. The molecule has 1 aliphatic rings. The highest BCUT2D eigenvalue weighted by molar-refractivity contribution is 5.95. The smallest absolute Gasteiger partial charge is 0.321 e. The van der Waals surface area contributed by atoms with Gasteiger partial charge in [-0.1, -0.05) is 30.3 Å². The highest BCUT2D eigenvalue weighted by Crippen LogP contribution is 2.40. The van der Waals surface area contributed by atoms with Gasteiger partial charge in [-0.15, -0.1) is 0 Å². The maximum atomic E-state index is 12.5. The first-order valence-electron chi connectivity index (χ1n) is 9.68. The van der Waals surface area contributed by atoms with Gasteiger partial charge in [-0.05, 0) is 42.2 Å². The van der Waals surface area contributed by atoms with Crippen LogP contribution in [0.4, 0.5) is 4.79 Å². The van der Waals surface area contributed by atoms with Crippen LogP contribution in [-0.2, 0) is 11.2 Å². The van der Waals surface area contributed by atoms with Gasteiger partial charge < -0.3 is 14.8 Å². The predicted molar refractivity (Wildman–Crippen MR) is 110 cm³/mol. The zero-order chi connectivity index (χ0) is 20.8. The molecule has 3 rings (SSSR count). The molecular weight excluding hydrogens is 370 g/mol. The predicted octanol–water partition coefficient (Wildman–Crippen LogP) is 2.50. The summed E-state index contributed by atoms with van der Waals surface area (Å²) in [5.74, 6) is 1.02. The van der Waals surface area contributed by atoms with E-state index in [0.29, 0.717) is 24.6 Å². The Kier molecular flexibility index (Phi) is 6.72. The minimum Gasteiger partial charge on any atom is -0.493 e. The van der Waals surface area contributed by atoms with Crippen LogP contribution in [-0.4, -0.2) is 50.7 Å². The van der Waals surface area contributed by atoms with Crippen molar-refractivity contribution in [1.29, 1.82) is 0 Å². The Morgan fingerprint density at radius 1 is 1.10 bits per heavy atom. The van der Waals surface area contributed by atoms with E-state index in [4.69, 9.17) is 9.47 Å². The first-order chi connectivity index (χ1) is 14.1. The van der Waals surface area contributed by atoms with Crippen LogP contribution in [0.3, 0.4) is 0 Å². The van der Waals surface area contributed by atoms with Gasteiger partial charge in [0.25, 0.3) is 0 Å². The molecule has 1 atom stereocenters. The largest absolute Gasteiger partial charge is 0.493 e. The number of nitrogens with one attached hydrogen (secondary N) is 2. The number of carbonyl (C=O) groups is 2. The van der Waals surface area contributed by atoms with Crippen molar-refractivity contribution in [2.75, 3.05) is 33.9 Å². The molecule has 1 heterocycles. The second-order valence-corrected chi connectivity index (χ2v) is 6.85. The molecule has 0 spiro atoms. The molecule has 1 aliphatic heterocycles. The Morgan fingerprint density at radius 2 is 1.79 bits per heavy atom. The zero-order valence-electron chi connectivity index (χ0n) is 17.0. The van der Waals surface area contributed by atoms with Gasteiger partial charge in [0.15, 0.2) is 11.5 Å². The van der Waals surface area contributed by atoms with Gasteiger partial charge in [-0.2, -0.15) is 0 Å². The lowest BCUT2D eigenvalue weighted by atomic mass is 9.87. The highest BCUT2D eigenvalue weighted by atomic mass is 16.5. The number of hydrogen-bond acceptors (Lipinski definition) is 5. The second kappa shape index (κ2) is 9.43. The standard InChI is InChI=1S/C22H27N3O4/c1-4-23-22(27)24-20(26)14-25-11-10-16-12-18(28-2)19(29-3)13-17(16)21(25)15-8-6-5-7-9-15/h5-9,12-13,21H,4,10-11,14H2,1-3H3,(H2,23,24,26,27)/t21-/m1/s1. The SMILES string of the molecule is CCNC(=O)NC(=O)CN1CCc2cc(OC)c(OC)cc2[C@H]1c1ccccc1. The Labute approximate surface area is 171 Å².